The molecule has 4 aromatic rings. The molecule has 0 saturated heterocycles. The zero-order valence-electron chi connectivity index (χ0n) is 16.3. The summed E-state index contributed by atoms with van der Waals surface area (Å²) in [6.45, 7) is 1.40. The summed E-state index contributed by atoms with van der Waals surface area (Å²) in [4.78, 5) is 23.6. The lowest BCUT2D eigenvalue weighted by Gasteiger charge is -2.15. The molecular formula is C23H17NO6S. The second-order valence-electron chi connectivity index (χ2n) is 6.94. The largest absolute Gasteiger partial charge is 0.478 e. The Morgan fingerprint density at radius 2 is 1.48 bits per heavy atom. The minimum absolute atomic E-state index is 0.0476. The lowest BCUT2D eigenvalue weighted by atomic mass is 9.95. The van der Waals surface area contributed by atoms with Crippen molar-refractivity contribution in [2.24, 2.45) is 0 Å². The monoisotopic (exact) mass is 435 g/mol. The molecule has 8 heteroatoms. The van der Waals surface area contributed by atoms with Gasteiger partial charge in [-0.25, -0.2) is 22.0 Å². The SMILES string of the molecule is Cc1c(C(=O)O)ccc(-c2cc3ccccc3n2S(=O)(=O)c2ccccc2)c1C(=O)O. The number of carboxylic acids is 2. The van der Waals surface area contributed by atoms with E-state index in [0.29, 0.717) is 10.9 Å². The first-order chi connectivity index (χ1) is 14.7. The van der Waals surface area contributed by atoms with Gasteiger partial charge < -0.3 is 10.2 Å². The molecule has 0 atom stereocenters. The van der Waals surface area contributed by atoms with Crippen LogP contribution >= 0.6 is 0 Å². The second-order valence-corrected chi connectivity index (χ2v) is 8.73. The molecule has 0 spiro atoms. The second kappa shape index (κ2) is 7.41. The number of nitrogens with zero attached hydrogens (tertiary/aromatic N) is 1. The topological polar surface area (TPSA) is 114 Å². The van der Waals surface area contributed by atoms with E-state index in [2.05, 4.69) is 0 Å². The van der Waals surface area contributed by atoms with Crippen molar-refractivity contribution in [2.75, 3.05) is 0 Å². The van der Waals surface area contributed by atoms with Crippen molar-refractivity contribution in [3.05, 3.63) is 89.5 Å². The van der Waals surface area contributed by atoms with Crippen LogP contribution in [0.2, 0.25) is 0 Å². The van der Waals surface area contributed by atoms with Crippen LogP contribution in [-0.4, -0.2) is 34.5 Å². The zero-order chi connectivity index (χ0) is 22.3. The molecule has 3 aromatic carbocycles. The number of rotatable bonds is 5. The van der Waals surface area contributed by atoms with Crippen LogP contribution < -0.4 is 0 Å². The van der Waals surface area contributed by atoms with Gasteiger partial charge in [0.25, 0.3) is 10.0 Å². The van der Waals surface area contributed by atoms with E-state index in [9.17, 15) is 28.2 Å². The van der Waals surface area contributed by atoms with E-state index < -0.39 is 22.0 Å². The van der Waals surface area contributed by atoms with Crippen LogP contribution in [0.5, 0.6) is 0 Å². The molecule has 0 bridgehead atoms. The molecule has 0 unspecified atom stereocenters. The lowest BCUT2D eigenvalue weighted by molar-refractivity contribution is 0.0696. The van der Waals surface area contributed by atoms with Gasteiger partial charge in [0.1, 0.15) is 0 Å². The number of benzene rings is 3. The summed E-state index contributed by atoms with van der Waals surface area (Å²) in [5, 5.41) is 19.8. The number of carboxylic acid groups (broad SMARTS) is 2. The number of carbonyl (C=O) groups is 2. The maximum atomic E-state index is 13.6. The number of fused-ring (bicyclic) bond motifs is 1. The highest BCUT2D eigenvalue weighted by molar-refractivity contribution is 7.90. The van der Waals surface area contributed by atoms with Crippen LogP contribution in [0.1, 0.15) is 26.3 Å². The van der Waals surface area contributed by atoms with Crippen molar-refractivity contribution >= 4 is 32.9 Å². The molecule has 156 valence electrons. The molecule has 0 saturated carbocycles. The normalized spacial score (nSPS) is 11.5. The van der Waals surface area contributed by atoms with Crippen molar-refractivity contribution in [3.8, 4) is 11.3 Å². The Balaban J connectivity index is 2.12. The highest BCUT2D eigenvalue weighted by Crippen LogP contribution is 2.35. The van der Waals surface area contributed by atoms with Crippen LogP contribution in [0.25, 0.3) is 22.2 Å². The average Bonchev–Trinajstić information content (AvgIpc) is 3.13. The molecule has 0 amide bonds. The molecule has 0 aliphatic carbocycles. The Hall–Kier alpha value is -3.91. The van der Waals surface area contributed by atoms with Crippen LogP contribution in [0.15, 0.2) is 77.7 Å². The predicted octanol–water partition coefficient (Wildman–Crippen LogP) is 4.25. The average molecular weight is 435 g/mol. The minimum Gasteiger partial charge on any atom is -0.478 e. The van der Waals surface area contributed by atoms with E-state index in [0.717, 1.165) is 3.97 Å². The number of hydrogen-bond donors (Lipinski definition) is 2. The quantitative estimate of drug-likeness (QED) is 0.484. The maximum absolute atomic E-state index is 13.6. The molecule has 1 heterocycles. The van der Waals surface area contributed by atoms with Gasteiger partial charge in [0.05, 0.1) is 27.2 Å². The Bertz CT molecular complexity index is 1450. The molecule has 0 aliphatic rings. The predicted molar refractivity (Wildman–Crippen MR) is 115 cm³/mol. The van der Waals surface area contributed by atoms with Crippen molar-refractivity contribution in [1.82, 2.24) is 3.97 Å². The molecule has 0 aliphatic heterocycles. The first-order valence-corrected chi connectivity index (χ1v) is 10.7. The molecule has 4 rings (SSSR count). The van der Waals surface area contributed by atoms with Gasteiger partial charge in [-0.15, -0.1) is 0 Å². The van der Waals surface area contributed by atoms with Gasteiger partial charge in [-0.1, -0.05) is 42.5 Å². The molecule has 31 heavy (non-hydrogen) atoms. The summed E-state index contributed by atoms with van der Waals surface area (Å²) in [6.07, 6.45) is 0. The van der Waals surface area contributed by atoms with Crippen LogP contribution in [0, 0.1) is 6.92 Å². The Morgan fingerprint density at radius 3 is 2.13 bits per heavy atom. The first kappa shape index (κ1) is 20.4. The number of aromatic carboxylic acids is 2. The smallest absolute Gasteiger partial charge is 0.336 e. The fourth-order valence-corrected chi connectivity index (χ4v) is 5.25. The van der Waals surface area contributed by atoms with Crippen molar-refractivity contribution in [3.63, 3.8) is 0 Å². The molecule has 2 N–H and O–H groups in total. The van der Waals surface area contributed by atoms with E-state index in [1.54, 1.807) is 48.5 Å². The fourth-order valence-electron chi connectivity index (χ4n) is 3.71. The molecule has 7 nitrogen and oxygen atoms in total. The van der Waals surface area contributed by atoms with Gasteiger partial charge in [0.2, 0.25) is 0 Å². The van der Waals surface area contributed by atoms with Gasteiger partial charge in [0.15, 0.2) is 0 Å². The van der Waals surface area contributed by atoms with Crippen molar-refractivity contribution in [2.45, 2.75) is 11.8 Å². The molecule has 0 radical (unpaired) electrons. The molecular weight excluding hydrogens is 418 g/mol. The van der Waals surface area contributed by atoms with Gasteiger partial charge >= 0.3 is 11.9 Å². The standard InChI is InChI=1S/C23H17NO6S/c1-14-17(22(25)26)11-12-18(21(14)23(27)28)20-13-15-7-5-6-10-19(15)24(20)31(29,30)16-8-3-2-4-9-16/h2-13H,1H3,(H,25,26)(H,27,28). The van der Waals surface area contributed by atoms with E-state index >= 15 is 0 Å². The van der Waals surface area contributed by atoms with E-state index in [-0.39, 0.29) is 32.8 Å². The van der Waals surface area contributed by atoms with Gasteiger partial charge in [0, 0.05) is 10.9 Å². The summed E-state index contributed by atoms with van der Waals surface area (Å²) in [7, 11) is -4.08. The summed E-state index contributed by atoms with van der Waals surface area (Å²) in [5.41, 5.74) is 0.277. The summed E-state index contributed by atoms with van der Waals surface area (Å²) >= 11 is 0. The minimum atomic E-state index is -4.08. The highest BCUT2D eigenvalue weighted by Gasteiger charge is 2.28. The third-order valence-electron chi connectivity index (χ3n) is 5.13. The Kier molecular flexibility index (Phi) is 4.87. The summed E-state index contributed by atoms with van der Waals surface area (Å²) in [5.74, 6) is -2.60. The molecule has 0 fully saturated rings. The number of para-hydroxylation sites is 1. The first-order valence-electron chi connectivity index (χ1n) is 9.25. The van der Waals surface area contributed by atoms with Crippen molar-refractivity contribution < 1.29 is 28.2 Å². The van der Waals surface area contributed by atoms with Gasteiger partial charge in [-0.05, 0) is 42.8 Å². The zero-order valence-corrected chi connectivity index (χ0v) is 17.1. The fraction of sp³-hybridized carbons (Fsp3) is 0.0435. The van der Waals surface area contributed by atoms with Gasteiger partial charge in [-0.3, -0.25) is 0 Å². The Morgan fingerprint density at radius 1 is 0.839 bits per heavy atom. The third-order valence-corrected chi connectivity index (χ3v) is 6.88. The lowest BCUT2D eigenvalue weighted by Crippen LogP contribution is -2.16. The third kappa shape index (κ3) is 3.27. The van der Waals surface area contributed by atoms with Crippen molar-refractivity contribution in [1.29, 1.82) is 0 Å². The summed E-state index contributed by atoms with van der Waals surface area (Å²) < 4.78 is 28.2. The van der Waals surface area contributed by atoms with Crippen LogP contribution in [0.3, 0.4) is 0 Å². The number of hydrogen-bond acceptors (Lipinski definition) is 4. The van der Waals surface area contributed by atoms with E-state index in [1.165, 1.54) is 31.2 Å². The molecule has 1 aromatic heterocycles. The van der Waals surface area contributed by atoms with Crippen LogP contribution in [-0.2, 0) is 10.0 Å². The van der Waals surface area contributed by atoms with Crippen LogP contribution in [0.4, 0.5) is 0 Å². The number of aromatic nitrogens is 1. The maximum Gasteiger partial charge on any atom is 0.336 e. The highest BCUT2D eigenvalue weighted by atomic mass is 32.2. The Labute approximate surface area is 177 Å². The van der Waals surface area contributed by atoms with E-state index in [1.807, 2.05) is 0 Å². The summed E-state index contributed by atoms with van der Waals surface area (Å²) in [6, 6.07) is 18.9. The van der Waals surface area contributed by atoms with Gasteiger partial charge in [-0.2, -0.15) is 0 Å². The van der Waals surface area contributed by atoms with E-state index in [4.69, 9.17) is 0 Å².